The summed E-state index contributed by atoms with van der Waals surface area (Å²) in [7, 11) is 0. The van der Waals surface area contributed by atoms with E-state index < -0.39 is 0 Å². The molecule has 1 atom stereocenters. The van der Waals surface area contributed by atoms with E-state index in [1.807, 2.05) is 6.92 Å². The number of hydrogen-bond donors (Lipinski definition) is 1. The molecule has 0 saturated carbocycles. The van der Waals surface area contributed by atoms with Crippen LogP contribution < -0.4 is 10.1 Å². The SMILES string of the molecule is CCC(CNC(=O)c1csnn1)Oc1cccc(F)c1. The maximum atomic E-state index is 13.1. The maximum Gasteiger partial charge on any atom is 0.272 e. The lowest BCUT2D eigenvalue weighted by molar-refractivity contribution is 0.0921. The van der Waals surface area contributed by atoms with Gasteiger partial charge in [0.25, 0.3) is 5.91 Å². The largest absolute Gasteiger partial charge is 0.489 e. The lowest BCUT2D eigenvalue weighted by atomic mass is 10.2. The first-order chi connectivity index (χ1) is 9.69. The van der Waals surface area contributed by atoms with Gasteiger partial charge in [-0.2, -0.15) is 0 Å². The summed E-state index contributed by atoms with van der Waals surface area (Å²) in [6.07, 6.45) is 0.457. The molecular formula is C13H14FN3O2S. The second kappa shape index (κ2) is 6.95. The summed E-state index contributed by atoms with van der Waals surface area (Å²) in [5, 5.41) is 7.97. The minimum Gasteiger partial charge on any atom is -0.489 e. The molecule has 0 saturated heterocycles. The van der Waals surface area contributed by atoms with Gasteiger partial charge in [-0.1, -0.05) is 17.5 Å². The fraction of sp³-hybridized carbons (Fsp3) is 0.308. The molecule has 1 unspecified atom stereocenters. The lowest BCUT2D eigenvalue weighted by Gasteiger charge is -2.17. The van der Waals surface area contributed by atoms with Crippen molar-refractivity contribution in [3.8, 4) is 5.75 Å². The number of rotatable bonds is 6. The standard InChI is InChI=1S/C13H14FN3O2S/c1-2-10(19-11-5-3-4-9(14)6-11)7-15-13(18)12-8-20-17-16-12/h3-6,8,10H,2,7H2,1H3,(H,15,18). The molecule has 0 aliphatic carbocycles. The molecule has 2 rings (SSSR count). The highest BCUT2D eigenvalue weighted by molar-refractivity contribution is 7.03. The van der Waals surface area contributed by atoms with Gasteiger partial charge in [0, 0.05) is 11.4 Å². The molecule has 1 aromatic heterocycles. The number of amides is 1. The third kappa shape index (κ3) is 3.99. The zero-order valence-electron chi connectivity index (χ0n) is 10.9. The van der Waals surface area contributed by atoms with Crippen molar-refractivity contribution in [1.29, 1.82) is 0 Å². The second-order valence-corrected chi connectivity index (χ2v) is 4.72. The van der Waals surface area contributed by atoms with Crippen LogP contribution in [-0.4, -0.2) is 28.1 Å². The molecule has 5 nitrogen and oxygen atoms in total. The summed E-state index contributed by atoms with van der Waals surface area (Å²) in [6, 6.07) is 5.93. The van der Waals surface area contributed by atoms with Crippen molar-refractivity contribution in [3.05, 3.63) is 41.2 Å². The molecule has 1 amide bonds. The molecule has 0 radical (unpaired) electrons. The van der Waals surface area contributed by atoms with E-state index in [2.05, 4.69) is 14.9 Å². The van der Waals surface area contributed by atoms with Crippen LogP contribution in [0.15, 0.2) is 29.6 Å². The number of benzene rings is 1. The van der Waals surface area contributed by atoms with Gasteiger partial charge in [-0.25, -0.2) is 4.39 Å². The summed E-state index contributed by atoms with van der Waals surface area (Å²) in [5.41, 5.74) is 0.288. The predicted molar refractivity (Wildman–Crippen MR) is 73.3 cm³/mol. The molecule has 0 fully saturated rings. The van der Waals surface area contributed by atoms with Crippen LogP contribution in [0.3, 0.4) is 0 Å². The van der Waals surface area contributed by atoms with Crippen molar-refractivity contribution in [1.82, 2.24) is 14.9 Å². The molecule has 7 heteroatoms. The number of ether oxygens (including phenoxy) is 1. The maximum absolute atomic E-state index is 13.1. The van der Waals surface area contributed by atoms with Crippen molar-refractivity contribution in [2.24, 2.45) is 0 Å². The molecule has 1 heterocycles. The van der Waals surface area contributed by atoms with Gasteiger partial charge in [-0.05, 0) is 30.1 Å². The van der Waals surface area contributed by atoms with E-state index in [4.69, 9.17) is 4.74 Å². The number of aromatic nitrogens is 2. The van der Waals surface area contributed by atoms with Crippen molar-refractivity contribution < 1.29 is 13.9 Å². The van der Waals surface area contributed by atoms with Gasteiger partial charge in [0.2, 0.25) is 0 Å². The Morgan fingerprint density at radius 2 is 2.40 bits per heavy atom. The summed E-state index contributed by atoms with van der Waals surface area (Å²) in [5.74, 6) is -0.198. The van der Waals surface area contributed by atoms with Crippen molar-refractivity contribution >= 4 is 17.4 Å². The highest BCUT2D eigenvalue weighted by Gasteiger charge is 2.13. The molecule has 1 N–H and O–H groups in total. The van der Waals surface area contributed by atoms with E-state index in [1.54, 1.807) is 17.5 Å². The van der Waals surface area contributed by atoms with Gasteiger partial charge in [0.15, 0.2) is 5.69 Å². The Morgan fingerprint density at radius 1 is 1.55 bits per heavy atom. The molecular weight excluding hydrogens is 281 g/mol. The average Bonchev–Trinajstić information content (AvgIpc) is 2.97. The smallest absolute Gasteiger partial charge is 0.272 e. The molecule has 20 heavy (non-hydrogen) atoms. The van der Waals surface area contributed by atoms with Gasteiger partial charge in [-0.15, -0.1) is 5.10 Å². The summed E-state index contributed by atoms with van der Waals surface area (Å²) in [6.45, 7) is 2.25. The third-order valence-electron chi connectivity index (χ3n) is 2.64. The van der Waals surface area contributed by atoms with Crippen LogP contribution in [0.1, 0.15) is 23.8 Å². The van der Waals surface area contributed by atoms with Crippen LogP contribution in [0.5, 0.6) is 5.75 Å². The Balaban J connectivity index is 1.88. The molecule has 106 valence electrons. The minimum atomic E-state index is -0.352. The van der Waals surface area contributed by atoms with Crippen LogP contribution >= 0.6 is 11.5 Å². The number of carbonyl (C=O) groups excluding carboxylic acids is 1. The number of carbonyl (C=O) groups is 1. The Hall–Kier alpha value is -2.02. The van der Waals surface area contributed by atoms with Gasteiger partial charge in [-0.3, -0.25) is 4.79 Å². The van der Waals surface area contributed by atoms with E-state index in [9.17, 15) is 9.18 Å². The monoisotopic (exact) mass is 295 g/mol. The number of nitrogens with zero attached hydrogens (tertiary/aromatic N) is 2. The van der Waals surface area contributed by atoms with E-state index in [0.29, 0.717) is 18.7 Å². The zero-order valence-corrected chi connectivity index (χ0v) is 11.7. The fourth-order valence-corrected chi connectivity index (χ4v) is 2.00. The lowest BCUT2D eigenvalue weighted by Crippen LogP contribution is -2.35. The topological polar surface area (TPSA) is 64.1 Å². The summed E-state index contributed by atoms with van der Waals surface area (Å²) < 4.78 is 22.3. The van der Waals surface area contributed by atoms with Crippen LogP contribution in [0.4, 0.5) is 4.39 Å². The Morgan fingerprint density at radius 3 is 3.05 bits per heavy atom. The first-order valence-electron chi connectivity index (χ1n) is 6.16. The van der Waals surface area contributed by atoms with E-state index in [-0.39, 0.29) is 23.5 Å². The van der Waals surface area contributed by atoms with Crippen molar-refractivity contribution in [2.75, 3.05) is 6.54 Å². The number of hydrogen-bond acceptors (Lipinski definition) is 5. The Bertz CT molecular complexity index is 563. The highest BCUT2D eigenvalue weighted by atomic mass is 32.1. The van der Waals surface area contributed by atoms with E-state index in [1.165, 1.54) is 12.1 Å². The Kier molecular flexibility index (Phi) is 5.00. The van der Waals surface area contributed by atoms with Crippen molar-refractivity contribution in [3.63, 3.8) is 0 Å². The summed E-state index contributed by atoms with van der Waals surface area (Å²) in [4.78, 5) is 11.7. The fourth-order valence-electron chi connectivity index (χ4n) is 1.56. The van der Waals surface area contributed by atoms with Gasteiger partial charge in [0.1, 0.15) is 17.7 Å². The number of nitrogens with one attached hydrogen (secondary N) is 1. The molecule has 0 spiro atoms. The molecule has 0 bridgehead atoms. The Labute approximate surface area is 119 Å². The normalized spacial score (nSPS) is 11.9. The van der Waals surface area contributed by atoms with E-state index >= 15 is 0 Å². The molecule has 1 aromatic carbocycles. The van der Waals surface area contributed by atoms with Crippen LogP contribution in [0, 0.1) is 5.82 Å². The second-order valence-electron chi connectivity index (χ2n) is 4.11. The zero-order chi connectivity index (χ0) is 14.4. The number of halogens is 1. The van der Waals surface area contributed by atoms with Crippen LogP contribution in [0.2, 0.25) is 0 Å². The first-order valence-corrected chi connectivity index (χ1v) is 7.00. The molecule has 0 aliphatic rings. The van der Waals surface area contributed by atoms with Gasteiger partial charge >= 0.3 is 0 Å². The molecule has 2 aromatic rings. The highest BCUT2D eigenvalue weighted by Crippen LogP contribution is 2.14. The van der Waals surface area contributed by atoms with Crippen LogP contribution in [-0.2, 0) is 0 Å². The third-order valence-corrected chi connectivity index (χ3v) is 3.14. The quantitative estimate of drug-likeness (QED) is 0.888. The van der Waals surface area contributed by atoms with Crippen LogP contribution in [0.25, 0.3) is 0 Å². The first kappa shape index (κ1) is 14.4. The van der Waals surface area contributed by atoms with Gasteiger partial charge in [0.05, 0.1) is 6.54 Å². The minimum absolute atomic E-state index is 0.229. The average molecular weight is 295 g/mol. The van der Waals surface area contributed by atoms with Crippen molar-refractivity contribution in [2.45, 2.75) is 19.4 Å². The van der Waals surface area contributed by atoms with E-state index in [0.717, 1.165) is 11.5 Å². The van der Waals surface area contributed by atoms with Gasteiger partial charge < -0.3 is 10.1 Å². The summed E-state index contributed by atoms with van der Waals surface area (Å²) >= 11 is 1.12. The predicted octanol–water partition coefficient (Wildman–Crippen LogP) is 2.26. The molecule has 0 aliphatic heterocycles.